The first-order valence-corrected chi connectivity index (χ1v) is 11.4. The van der Waals surface area contributed by atoms with E-state index in [1.54, 1.807) is 50.8 Å². The third kappa shape index (κ3) is 5.52. The number of nitrogens with zero attached hydrogens (tertiary/aromatic N) is 1. The van der Waals surface area contributed by atoms with Gasteiger partial charge in [-0.1, -0.05) is 6.07 Å². The van der Waals surface area contributed by atoms with Crippen LogP contribution in [0.1, 0.15) is 47.2 Å². The number of benzene rings is 1. The van der Waals surface area contributed by atoms with Crippen molar-refractivity contribution in [2.45, 2.75) is 38.3 Å². The average molecular weight is 450 g/mol. The van der Waals surface area contributed by atoms with Crippen LogP contribution in [0.2, 0.25) is 0 Å². The molecule has 2 amide bonds. The quantitative estimate of drug-likeness (QED) is 0.724. The van der Waals surface area contributed by atoms with E-state index in [0.29, 0.717) is 43.1 Å². The van der Waals surface area contributed by atoms with E-state index in [4.69, 9.17) is 9.15 Å². The van der Waals surface area contributed by atoms with E-state index >= 15 is 0 Å². The molecule has 0 atom stereocenters. The van der Waals surface area contributed by atoms with Crippen LogP contribution in [-0.4, -0.2) is 57.0 Å². The highest BCUT2D eigenvalue weighted by molar-refractivity contribution is 7.89. The summed E-state index contributed by atoms with van der Waals surface area (Å²) in [5.74, 6) is -0.897. The molecule has 1 aromatic carbocycles. The highest BCUT2D eigenvalue weighted by Gasteiger charge is 2.27. The Morgan fingerprint density at radius 1 is 1.06 bits per heavy atom. The second-order valence-corrected chi connectivity index (χ2v) is 9.92. The Balaban J connectivity index is 1.77. The fraction of sp³-hybridized carbons (Fsp3) is 0.429. The van der Waals surface area contributed by atoms with Crippen LogP contribution >= 0.6 is 0 Å². The van der Waals surface area contributed by atoms with E-state index in [2.05, 4.69) is 10.0 Å². The summed E-state index contributed by atoms with van der Waals surface area (Å²) in [4.78, 5) is 27.2. The smallest absolute Gasteiger partial charge is 0.291 e. The van der Waals surface area contributed by atoms with Gasteiger partial charge in [0.15, 0.2) is 5.76 Å². The Kier molecular flexibility index (Phi) is 6.54. The fourth-order valence-corrected chi connectivity index (χ4v) is 4.52. The maximum Gasteiger partial charge on any atom is 0.291 e. The fourth-order valence-electron chi connectivity index (χ4n) is 3.16. The first-order chi connectivity index (χ1) is 14.5. The molecule has 1 aliphatic rings. The summed E-state index contributed by atoms with van der Waals surface area (Å²) >= 11 is 0. The van der Waals surface area contributed by atoms with Gasteiger partial charge in [-0.3, -0.25) is 9.59 Å². The summed E-state index contributed by atoms with van der Waals surface area (Å²) in [6.45, 7) is 8.88. The largest absolute Gasteiger partial charge is 0.438 e. The van der Waals surface area contributed by atoms with Gasteiger partial charge < -0.3 is 19.4 Å². The molecular weight excluding hydrogens is 422 g/mol. The predicted molar refractivity (Wildman–Crippen MR) is 115 cm³/mol. The predicted octanol–water partition coefficient (Wildman–Crippen LogP) is 2.39. The zero-order chi connectivity index (χ0) is 22.8. The molecule has 31 heavy (non-hydrogen) atoms. The first kappa shape index (κ1) is 23.0. The van der Waals surface area contributed by atoms with Crippen molar-refractivity contribution in [2.24, 2.45) is 0 Å². The van der Waals surface area contributed by atoms with Crippen LogP contribution in [0.15, 0.2) is 39.8 Å². The molecule has 0 saturated carbocycles. The van der Waals surface area contributed by atoms with Gasteiger partial charge >= 0.3 is 0 Å². The third-order valence-electron chi connectivity index (χ3n) is 4.62. The molecule has 0 bridgehead atoms. The molecular formula is C21H27N3O6S. The number of rotatable bonds is 5. The Labute approximate surface area is 181 Å². The van der Waals surface area contributed by atoms with E-state index in [1.807, 2.05) is 0 Å². The number of ether oxygens (including phenoxy) is 1. The number of sulfonamides is 1. The molecule has 9 nitrogen and oxygen atoms in total. The Morgan fingerprint density at radius 2 is 1.74 bits per heavy atom. The number of nitrogens with one attached hydrogen (secondary N) is 2. The molecule has 1 saturated heterocycles. The van der Waals surface area contributed by atoms with Crippen molar-refractivity contribution >= 4 is 27.5 Å². The number of carbonyl (C=O) groups excluding carboxylic acids is 2. The molecule has 2 aromatic rings. The summed E-state index contributed by atoms with van der Waals surface area (Å²) in [7, 11) is -3.90. The van der Waals surface area contributed by atoms with Crippen molar-refractivity contribution in [3.05, 3.63) is 47.2 Å². The normalized spacial score (nSPS) is 15.0. The number of hydrogen-bond donors (Lipinski definition) is 2. The molecule has 0 unspecified atom stereocenters. The highest BCUT2D eigenvalue weighted by atomic mass is 32.2. The maximum absolute atomic E-state index is 12.8. The maximum atomic E-state index is 12.8. The third-order valence-corrected chi connectivity index (χ3v) is 6.25. The number of anilines is 1. The van der Waals surface area contributed by atoms with Crippen LogP contribution in [0.4, 0.5) is 5.69 Å². The lowest BCUT2D eigenvalue weighted by atomic mass is 10.0. The minimum absolute atomic E-state index is 0.128. The van der Waals surface area contributed by atoms with E-state index < -0.39 is 21.5 Å². The lowest BCUT2D eigenvalue weighted by Gasteiger charge is -2.27. The lowest BCUT2D eigenvalue weighted by Crippen LogP contribution is -2.41. The second-order valence-electron chi connectivity index (χ2n) is 8.31. The Morgan fingerprint density at radius 3 is 2.39 bits per heavy atom. The van der Waals surface area contributed by atoms with E-state index in [0.717, 1.165) is 0 Å². The Hall–Kier alpha value is -2.69. The van der Waals surface area contributed by atoms with Crippen molar-refractivity contribution in [3.8, 4) is 0 Å². The van der Waals surface area contributed by atoms with Gasteiger partial charge in [-0.25, -0.2) is 13.1 Å². The van der Waals surface area contributed by atoms with Crippen molar-refractivity contribution in [3.63, 3.8) is 0 Å². The molecule has 0 spiro atoms. The van der Waals surface area contributed by atoms with E-state index in [9.17, 15) is 18.0 Å². The molecule has 3 rings (SSSR count). The van der Waals surface area contributed by atoms with Gasteiger partial charge in [0.1, 0.15) is 0 Å². The van der Waals surface area contributed by atoms with Crippen LogP contribution in [0.5, 0.6) is 0 Å². The zero-order valence-corrected chi connectivity index (χ0v) is 18.8. The van der Waals surface area contributed by atoms with Crippen molar-refractivity contribution in [1.82, 2.24) is 9.62 Å². The summed E-state index contributed by atoms with van der Waals surface area (Å²) in [5, 5.41) is 2.35. The minimum Gasteiger partial charge on any atom is -0.438 e. The number of furan rings is 1. The first-order valence-electron chi connectivity index (χ1n) is 9.90. The SMILES string of the molecule is Cc1c(NC(=O)c2ccc(S(=O)(=O)NC(C)(C)C)o2)cccc1C(=O)N1CCOCC1. The number of hydrogen-bond acceptors (Lipinski definition) is 6. The summed E-state index contributed by atoms with van der Waals surface area (Å²) in [5.41, 5.74) is 0.842. The molecule has 1 aromatic heterocycles. The van der Waals surface area contributed by atoms with Crippen LogP contribution in [0, 0.1) is 6.92 Å². The topological polar surface area (TPSA) is 118 Å². The Bertz CT molecular complexity index is 1080. The molecule has 0 aliphatic carbocycles. The van der Waals surface area contributed by atoms with Crippen LogP contribution < -0.4 is 10.0 Å². The van der Waals surface area contributed by atoms with Gasteiger partial charge in [0.25, 0.3) is 21.8 Å². The molecule has 1 fully saturated rings. The summed E-state index contributed by atoms with van der Waals surface area (Å²) < 4.78 is 37.8. The van der Waals surface area contributed by atoms with Gasteiger partial charge in [0.05, 0.1) is 13.2 Å². The van der Waals surface area contributed by atoms with Gasteiger partial charge in [-0.05, 0) is 57.5 Å². The zero-order valence-electron chi connectivity index (χ0n) is 18.0. The van der Waals surface area contributed by atoms with Gasteiger partial charge in [-0.15, -0.1) is 0 Å². The molecule has 0 radical (unpaired) electrons. The van der Waals surface area contributed by atoms with E-state index in [-0.39, 0.29) is 16.8 Å². The van der Waals surface area contributed by atoms with E-state index in [1.165, 1.54) is 12.1 Å². The number of amides is 2. The highest BCUT2D eigenvalue weighted by Crippen LogP contribution is 2.23. The molecule has 10 heteroatoms. The van der Waals surface area contributed by atoms with Gasteiger partial charge in [-0.2, -0.15) is 0 Å². The van der Waals surface area contributed by atoms with Gasteiger partial charge in [0.2, 0.25) is 5.09 Å². The van der Waals surface area contributed by atoms with Crippen molar-refractivity contribution < 1.29 is 27.2 Å². The minimum atomic E-state index is -3.90. The summed E-state index contributed by atoms with van der Waals surface area (Å²) in [6.07, 6.45) is 0. The molecule has 2 N–H and O–H groups in total. The monoisotopic (exact) mass is 449 g/mol. The molecule has 168 valence electrons. The second kappa shape index (κ2) is 8.81. The standard InChI is InChI=1S/C21H27N3O6S/c1-14-15(20(26)24-10-12-29-13-11-24)6-5-7-16(14)22-19(25)17-8-9-18(30-17)31(27,28)23-21(2,3)4/h5-9,23H,10-13H2,1-4H3,(H,22,25). The average Bonchev–Trinajstić information content (AvgIpc) is 3.19. The van der Waals surface area contributed by atoms with Gasteiger partial charge in [0, 0.05) is 29.9 Å². The molecule has 1 aliphatic heterocycles. The van der Waals surface area contributed by atoms with Crippen LogP contribution in [0.3, 0.4) is 0 Å². The van der Waals surface area contributed by atoms with Crippen molar-refractivity contribution in [1.29, 1.82) is 0 Å². The summed E-state index contributed by atoms with van der Waals surface area (Å²) in [6, 6.07) is 7.59. The van der Waals surface area contributed by atoms with Crippen molar-refractivity contribution in [2.75, 3.05) is 31.6 Å². The van der Waals surface area contributed by atoms with Crippen LogP contribution in [-0.2, 0) is 14.8 Å². The van der Waals surface area contributed by atoms with Crippen LogP contribution in [0.25, 0.3) is 0 Å². The number of morpholine rings is 1. The number of carbonyl (C=O) groups is 2. The lowest BCUT2D eigenvalue weighted by molar-refractivity contribution is 0.0302. The molecule has 2 heterocycles.